The number of H-pyrrole nitrogens is 1. The van der Waals surface area contributed by atoms with Gasteiger partial charge in [-0.05, 0) is 37.5 Å². The standard InChI is InChI=1S/C21H21N5/c1-15-7-9-16(10-8-15)19-13-23-25-21(19)17-4-3-11-26(14-17)20-6-2-5-18(12-22)24-20/h2,5-10,13,17H,3-4,11,14H2,1H3,(H,23,25)/t17-/m1/s1. The molecular formula is C21H21N5. The molecule has 1 fully saturated rings. The number of pyridine rings is 1. The number of nitrogens with zero attached hydrogens (tertiary/aromatic N) is 4. The summed E-state index contributed by atoms with van der Waals surface area (Å²) < 4.78 is 0. The first-order valence-corrected chi connectivity index (χ1v) is 8.97. The fourth-order valence-electron chi connectivity index (χ4n) is 3.65. The molecule has 1 aliphatic heterocycles. The van der Waals surface area contributed by atoms with Gasteiger partial charge < -0.3 is 4.90 Å². The fraction of sp³-hybridized carbons (Fsp3) is 0.286. The largest absolute Gasteiger partial charge is 0.356 e. The zero-order valence-corrected chi connectivity index (χ0v) is 14.8. The second kappa shape index (κ2) is 7.01. The summed E-state index contributed by atoms with van der Waals surface area (Å²) in [6.45, 7) is 3.94. The quantitative estimate of drug-likeness (QED) is 0.779. The van der Waals surface area contributed by atoms with Crippen molar-refractivity contribution >= 4 is 5.82 Å². The summed E-state index contributed by atoms with van der Waals surface area (Å²) >= 11 is 0. The number of hydrogen-bond acceptors (Lipinski definition) is 4. The topological polar surface area (TPSA) is 68.6 Å². The van der Waals surface area contributed by atoms with Gasteiger partial charge >= 0.3 is 0 Å². The van der Waals surface area contributed by atoms with E-state index in [0.29, 0.717) is 11.6 Å². The van der Waals surface area contributed by atoms with E-state index in [2.05, 4.69) is 57.3 Å². The first-order chi connectivity index (χ1) is 12.7. The number of aryl methyl sites for hydroxylation is 1. The minimum absolute atomic E-state index is 0.370. The van der Waals surface area contributed by atoms with Crippen LogP contribution in [0.25, 0.3) is 11.1 Å². The molecule has 0 aliphatic carbocycles. The number of rotatable bonds is 3. The lowest BCUT2D eigenvalue weighted by Gasteiger charge is -2.33. The molecule has 0 bridgehead atoms. The van der Waals surface area contributed by atoms with Crippen LogP contribution in [-0.4, -0.2) is 28.3 Å². The minimum Gasteiger partial charge on any atom is -0.356 e. The third-order valence-electron chi connectivity index (χ3n) is 5.03. The monoisotopic (exact) mass is 343 g/mol. The molecule has 3 heterocycles. The van der Waals surface area contributed by atoms with E-state index in [1.807, 2.05) is 18.3 Å². The highest BCUT2D eigenvalue weighted by Crippen LogP contribution is 2.34. The van der Waals surface area contributed by atoms with Crippen LogP contribution in [0.1, 0.15) is 35.7 Å². The van der Waals surface area contributed by atoms with Gasteiger partial charge in [-0.3, -0.25) is 5.10 Å². The first-order valence-electron chi connectivity index (χ1n) is 8.97. The Labute approximate surface area is 153 Å². The molecule has 4 rings (SSSR count). The highest BCUT2D eigenvalue weighted by atomic mass is 15.2. The van der Waals surface area contributed by atoms with Gasteiger partial charge in [0.05, 0.1) is 6.20 Å². The first kappa shape index (κ1) is 16.3. The third kappa shape index (κ3) is 3.18. The van der Waals surface area contributed by atoms with Gasteiger partial charge in [-0.25, -0.2) is 4.98 Å². The molecule has 0 amide bonds. The van der Waals surface area contributed by atoms with Crippen molar-refractivity contribution in [1.29, 1.82) is 5.26 Å². The molecule has 1 saturated heterocycles. The van der Waals surface area contributed by atoms with Crippen LogP contribution in [0.15, 0.2) is 48.7 Å². The molecule has 0 spiro atoms. The molecule has 1 aromatic carbocycles. The van der Waals surface area contributed by atoms with Crippen LogP contribution >= 0.6 is 0 Å². The van der Waals surface area contributed by atoms with Crippen LogP contribution in [0.4, 0.5) is 5.82 Å². The maximum atomic E-state index is 9.10. The second-order valence-electron chi connectivity index (χ2n) is 6.84. The summed E-state index contributed by atoms with van der Waals surface area (Å²) in [5.41, 5.74) is 5.28. The SMILES string of the molecule is Cc1ccc(-c2cn[nH]c2[C@@H]2CCCN(c3cccc(C#N)n3)C2)cc1. The lowest BCUT2D eigenvalue weighted by Crippen LogP contribution is -2.35. The summed E-state index contributed by atoms with van der Waals surface area (Å²) in [5, 5.41) is 16.7. The number of anilines is 1. The zero-order chi connectivity index (χ0) is 17.9. The van der Waals surface area contributed by atoms with Crippen LogP contribution in [0.5, 0.6) is 0 Å². The highest BCUT2D eigenvalue weighted by Gasteiger charge is 2.26. The van der Waals surface area contributed by atoms with E-state index in [9.17, 15) is 0 Å². The molecule has 0 radical (unpaired) electrons. The fourth-order valence-corrected chi connectivity index (χ4v) is 3.65. The van der Waals surface area contributed by atoms with Crippen LogP contribution < -0.4 is 4.90 Å². The Bertz CT molecular complexity index is 936. The summed E-state index contributed by atoms with van der Waals surface area (Å²) in [5.74, 6) is 1.25. The summed E-state index contributed by atoms with van der Waals surface area (Å²) in [6.07, 6.45) is 4.14. The predicted molar refractivity (Wildman–Crippen MR) is 102 cm³/mol. The molecule has 1 aliphatic rings. The van der Waals surface area contributed by atoms with E-state index in [4.69, 9.17) is 5.26 Å². The number of nitriles is 1. The van der Waals surface area contributed by atoms with Gasteiger partial charge in [-0.1, -0.05) is 35.9 Å². The maximum Gasteiger partial charge on any atom is 0.142 e. The summed E-state index contributed by atoms with van der Waals surface area (Å²) in [7, 11) is 0. The van der Waals surface area contributed by atoms with Crippen molar-refractivity contribution in [3.63, 3.8) is 0 Å². The Morgan fingerprint density at radius 1 is 1.19 bits per heavy atom. The molecule has 2 aromatic heterocycles. The van der Waals surface area contributed by atoms with Gasteiger partial charge in [0.25, 0.3) is 0 Å². The van der Waals surface area contributed by atoms with Gasteiger partial charge in [0.2, 0.25) is 0 Å². The van der Waals surface area contributed by atoms with Crippen molar-refractivity contribution in [2.45, 2.75) is 25.7 Å². The van der Waals surface area contributed by atoms with E-state index in [-0.39, 0.29) is 0 Å². The third-order valence-corrected chi connectivity index (χ3v) is 5.03. The number of benzene rings is 1. The zero-order valence-electron chi connectivity index (χ0n) is 14.8. The minimum atomic E-state index is 0.370. The Morgan fingerprint density at radius 2 is 2.04 bits per heavy atom. The number of aromatic amines is 1. The Kier molecular flexibility index (Phi) is 4.40. The summed E-state index contributed by atoms with van der Waals surface area (Å²) in [4.78, 5) is 6.73. The molecular weight excluding hydrogens is 322 g/mol. The van der Waals surface area contributed by atoms with Gasteiger partial charge in [-0.2, -0.15) is 10.4 Å². The van der Waals surface area contributed by atoms with Crippen molar-refractivity contribution in [1.82, 2.24) is 15.2 Å². The van der Waals surface area contributed by atoms with Gasteiger partial charge in [0.15, 0.2) is 0 Å². The van der Waals surface area contributed by atoms with E-state index < -0.39 is 0 Å². The van der Waals surface area contributed by atoms with Crippen LogP contribution in [0.2, 0.25) is 0 Å². The van der Waals surface area contributed by atoms with Gasteiger partial charge in [-0.15, -0.1) is 0 Å². The number of aromatic nitrogens is 3. The van der Waals surface area contributed by atoms with Gasteiger partial charge in [0.1, 0.15) is 17.6 Å². The lowest BCUT2D eigenvalue weighted by atomic mass is 9.90. The van der Waals surface area contributed by atoms with Crippen LogP contribution in [0, 0.1) is 18.3 Å². The molecule has 5 nitrogen and oxygen atoms in total. The van der Waals surface area contributed by atoms with Crippen molar-refractivity contribution in [2.75, 3.05) is 18.0 Å². The number of nitrogens with one attached hydrogen (secondary N) is 1. The molecule has 130 valence electrons. The highest BCUT2D eigenvalue weighted by molar-refractivity contribution is 5.66. The van der Waals surface area contributed by atoms with Crippen molar-refractivity contribution in [3.8, 4) is 17.2 Å². The maximum absolute atomic E-state index is 9.10. The molecule has 5 heteroatoms. The Hall–Kier alpha value is -3.13. The average molecular weight is 343 g/mol. The molecule has 0 unspecified atom stereocenters. The second-order valence-corrected chi connectivity index (χ2v) is 6.84. The normalized spacial score (nSPS) is 17.1. The van der Waals surface area contributed by atoms with Crippen LogP contribution in [0.3, 0.4) is 0 Å². The predicted octanol–water partition coefficient (Wildman–Crippen LogP) is 4.04. The smallest absolute Gasteiger partial charge is 0.142 e. The van der Waals surface area contributed by atoms with Crippen molar-refractivity contribution < 1.29 is 0 Å². The molecule has 1 N–H and O–H groups in total. The molecule has 1 atom stereocenters. The van der Waals surface area contributed by atoms with E-state index >= 15 is 0 Å². The van der Waals surface area contributed by atoms with Crippen molar-refractivity contribution in [3.05, 3.63) is 65.6 Å². The molecule has 3 aromatic rings. The van der Waals surface area contributed by atoms with Crippen LogP contribution in [-0.2, 0) is 0 Å². The van der Waals surface area contributed by atoms with E-state index in [0.717, 1.165) is 31.7 Å². The Balaban J connectivity index is 1.60. The van der Waals surface area contributed by atoms with E-state index in [1.54, 1.807) is 6.07 Å². The van der Waals surface area contributed by atoms with Crippen molar-refractivity contribution in [2.24, 2.45) is 0 Å². The molecule has 0 saturated carbocycles. The Morgan fingerprint density at radius 3 is 2.85 bits per heavy atom. The van der Waals surface area contributed by atoms with E-state index in [1.165, 1.54) is 22.4 Å². The molecule has 26 heavy (non-hydrogen) atoms. The number of piperidine rings is 1. The summed E-state index contributed by atoms with van der Waals surface area (Å²) in [6, 6.07) is 16.3. The lowest BCUT2D eigenvalue weighted by molar-refractivity contribution is 0.498. The average Bonchev–Trinajstić information content (AvgIpc) is 3.18. The van der Waals surface area contributed by atoms with Gasteiger partial charge in [0, 0.05) is 30.3 Å². The number of hydrogen-bond donors (Lipinski definition) is 1.